The Morgan fingerprint density at radius 2 is 1.92 bits per heavy atom. The molecule has 1 heterocycles. The van der Waals surface area contributed by atoms with Crippen molar-refractivity contribution in [1.82, 2.24) is 20.2 Å². The summed E-state index contributed by atoms with van der Waals surface area (Å²) < 4.78 is 6.46. The second kappa shape index (κ2) is 8.14. The molecule has 0 aliphatic rings. The molecule has 9 heteroatoms. The minimum Gasteiger partial charge on any atom is -0.489 e. The number of tetrazole rings is 1. The summed E-state index contributed by atoms with van der Waals surface area (Å²) in [5, 5.41) is 23.2. The standard InChI is InChI=1S/C16H13BrCl2N4O2/c17-11-3-1-10(2-4-11)16-20-22-23(21-16)8-13(24)9-25-15-6-5-12(18)7-14(15)19/h1-7,13,24H,8-9H2. The van der Waals surface area contributed by atoms with Crippen LogP contribution in [0, 0.1) is 0 Å². The summed E-state index contributed by atoms with van der Waals surface area (Å²) >= 11 is 15.2. The molecule has 0 saturated heterocycles. The van der Waals surface area contributed by atoms with Gasteiger partial charge in [0.2, 0.25) is 5.82 Å². The molecule has 0 aliphatic carbocycles. The summed E-state index contributed by atoms with van der Waals surface area (Å²) in [6.07, 6.45) is -0.821. The van der Waals surface area contributed by atoms with Crippen LogP contribution in [0.2, 0.25) is 10.0 Å². The number of rotatable bonds is 6. The zero-order valence-electron chi connectivity index (χ0n) is 12.8. The van der Waals surface area contributed by atoms with Gasteiger partial charge in [-0.2, -0.15) is 4.80 Å². The van der Waals surface area contributed by atoms with Crippen molar-refractivity contribution in [2.45, 2.75) is 12.6 Å². The van der Waals surface area contributed by atoms with E-state index in [2.05, 4.69) is 31.3 Å². The molecule has 25 heavy (non-hydrogen) atoms. The van der Waals surface area contributed by atoms with Crippen LogP contribution in [0.25, 0.3) is 11.4 Å². The van der Waals surface area contributed by atoms with E-state index >= 15 is 0 Å². The maximum absolute atomic E-state index is 10.1. The van der Waals surface area contributed by atoms with Gasteiger partial charge in [-0.3, -0.25) is 0 Å². The average Bonchev–Trinajstić information content (AvgIpc) is 3.03. The Morgan fingerprint density at radius 1 is 1.16 bits per heavy atom. The lowest BCUT2D eigenvalue weighted by atomic mass is 10.2. The second-order valence-electron chi connectivity index (χ2n) is 5.21. The summed E-state index contributed by atoms with van der Waals surface area (Å²) in [6, 6.07) is 12.5. The van der Waals surface area contributed by atoms with E-state index in [4.69, 9.17) is 27.9 Å². The quantitative estimate of drug-likeness (QED) is 0.626. The van der Waals surface area contributed by atoms with Gasteiger partial charge < -0.3 is 9.84 Å². The molecule has 0 bridgehead atoms. The van der Waals surface area contributed by atoms with Crippen molar-refractivity contribution in [3.05, 3.63) is 57.0 Å². The smallest absolute Gasteiger partial charge is 0.204 e. The Kier molecular flexibility index (Phi) is 5.90. The van der Waals surface area contributed by atoms with Crippen molar-refractivity contribution in [3.8, 4) is 17.1 Å². The SMILES string of the molecule is OC(COc1ccc(Cl)cc1Cl)Cn1nnc(-c2ccc(Br)cc2)n1. The molecular weight excluding hydrogens is 431 g/mol. The topological polar surface area (TPSA) is 73.1 Å². The number of aliphatic hydroxyl groups is 1. The van der Waals surface area contributed by atoms with E-state index in [0.29, 0.717) is 21.6 Å². The highest BCUT2D eigenvalue weighted by Gasteiger charge is 2.12. The molecule has 3 rings (SSSR count). The van der Waals surface area contributed by atoms with Gasteiger partial charge in [-0.15, -0.1) is 10.2 Å². The number of benzene rings is 2. The summed E-state index contributed by atoms with van der Waals surface area (Å²) in [5.74, 6) is 0.939. The fourth-order valence-corrected chi connectivity index (χ4v) is 2.78. The van der Waals surface area contributed by atoms with Crippen LogP contribution in [-0.4, -0.2) is 38.0 Å². The largest absolute Gasteiger partial charge is 0.489 e. The lowest BCUT2D eigenvalue weighted by molar-refractivity contribution is 0.0850. The summed E-state index contributed by atoms with van der Waals surface area (Å²) in [5.41, 5.74) is 0.841. The molecule has 0 radical (unpaired) electrons. The minimum atomic E-state index is -0.821. The van der Waals surface area contributed by atoms with Gasteiger partial charge in [0.05, 0.1) is 11.6 Å². The van der Waals surface area contributed by atoms with Gasteiger partial charge in [0.1, 0.15) is 18.5 Å². The monoisotopic (exact) mass is 442 g/mol. The predicted molar refractivity (Wildman–Crippen MR) is 98.9 cm³/mol. The number of hydrogen-bond donors (Lipinski definition) is 1. The van der Waals surface area contributed by atoms with Gasteiger partial charge in [-0.1, -0.05) is 39.1 Å². The Labute approximate surface area is 162 Å². The van der Waals surface area contributed by atoms with Crippen LogP contribution >= 0.6 is 39.1 Å². The van der Waals surface area contributed by atoms with E-state index in [9.17, 15) is 5.11 Å². The predicted octanol–water partition coefficient (Wildman–Crippen LogP) is 3.85. The number of aromatic nitrogens is 4. The third kappa shape index (κ3) is 4.92. The van der Waals surface area contributed by atoms with E-state index in [1.807, 2.05) is 24.3 Å². The van der Waals surface area contributed by atoms with Crippen LogP contribution in [0.5, 0.6) is 5.75 Å². The Hall–Kier alpha value is -1.67. The summed E-state index contributed by atoms with van der Waals surface area (Å²) in [6.45, 7) is 0.186. The Morgan fingerprint density at radius 3 is 2.64 bits per heavy atom. The molecule has 3 aromatic rings. The number of halogens is 3. The van der Waals surface area contributed by atoms with Crippen molar-refractivity contribution in [2.75, 3.05) is 6.61 Å². The fourth-order valence-electron chi connectivity index (χ4n) is 2.05. The van der Waals surface area contributed by atoms with Crippen LogP contribution in [0.15, 0.2) is 46.9 Å². The van der Waals surface area contributed by atoms with Crippen LogP contribution in [0.1, 0.15) is 0 Å². The van der Waals surface area contributed by atoms with Crippen molar-refractivity contribution in [1.29, 1.82) is 0 Å². The molecule has 0 amide bonds. The van der Waals surface area contributed by atoms with Crippen molar-refractivity contribution < 1.29 is 9.84 Å². The second-order valence-corrected chi connectivity index (χ2v) is 6.97. The first-order chi connectivity index (χ1) is 12.0. The molecule has 1 unspecified atom stereocenters. The van der Waals surface area contributed by atoms with E-state index < -0.39 is 6.10 Å². The molecule has 1 atom stereocenters. The molecule has 6 nitrogen and oxygen atoms in total. The number of hydrogen-bond acceptors (Lipinski definition) is 5. The molecule has 0 fully saturated rings. The molecule has 130 valence electrons. The van der Waals surface area contributed by atoms with Gasteiger partial charge in [0, 0.05) is 15.1 Å². The molecule has 1 aromatic heterocycles. The van der Waals surface area contributed by atoms with Crippen LogP contribution in [-0.2, 0) is 6.54 Å². The van der Waals surface area contributed by atoms with Gasteiger partial charge in [-0.25, -0.2) is 0 Å². The van der Waals surface area contributed by atoms with Crippen molar-refractivity contribution in [2.24, 2.45) is 0 Å². The first-order valence-electron chi connectivity index (χ1n) is 7.31. The third-order valence-corrected chi connectivity index (χ3v) is 4.31. The lowest BCUT2D eigenvalue weighted by Crippen LogP contribution is -2.25. The van der Waals surface area contributed by atoms with Gasteiger partial charge in [0.15, 0.2) is 0 Å². The van der Waals surface area contributed by atoms with Crippen LogP contribution in [0.3, 0.4) is 0 Å². The first kappa shape index (κ1) is 18.1. The maximum Gasteiger partial charge on any atom is 0.204 e. The fraction of sp³-hybridized carbons (Fsp3) is 0.188. The first-order valence-corrected chi connectivity index (χ1v) is 8.86. The maximum atomic E-state index is 10.1. The van der Waals surface area contributed by atoms with E-state index in [-0.39, 0.29) is 13.2 Å². The highest BCUT2D eigenvalue weighted by atomic mass is 79.9. The van der Waals surface area contributed by atoms with Gasteiger partial charge >= 0.3 is 0 Å². The zero-order chi connectivity index (χ0) is 17.8. The summed E-state index contributed by atoms with van der Waals surface area (Å²) in [4.78, 5) is 1.33. The van der Waals surface area contributed by atoms with Crippen LogP contribution < -0.4 is 4.74 Å². The molecule has 2 aromatic carbocycles. The highest BCUT2D eigenvalue weighted by Crippen LogP contribution is 2.27. The number of ether oxygens (including phenoxy) is 1. The molecule has 0 spiro atoms. The Balaban J connectivity index is 1.58. The van der Waals surface area contributed by atoms with E-state index in [1.165, 1.54) is 4.80 Å². The van der Waals surface area contributed by atoms with Gasteiger partial charge in [0.25, 0.3) is 0 Å². The van der Waals surface area contributed by atoms with Gasteiger partial charge in [-0.05, 0) is 47.7 Å². The highest BCUT2D eigenvalue weighted by molar-refractivity contribution is 9.10. The minimum absolute atomic E-state index is 0.0382. The zero-order valence-corrected chi connectivity index (χ0v) is 15.9. The van der Waals surface area contributed by atoms with Crippen LogP contribution in [0.4, 0.5) is 0 Å². The Bertz CT molecular complexity index is 858. The van der Waals surface area contributed by atoms with Crippen molar-refractivity contribution >= 4 is 39.1 Å². The molecular formula is C16H13BrCl2N4O2. The number of aliphatic hydroxyl groups excluding tert-OH is 1. The molecule has 0 saturated carbocycles. The number of nitrogens with zero attached hydrogens (tertiary/aromatic N) is 4. The third-order valence-electron chi connectivity index (χ3n) is 3.25. The van der Waals surface area contributed by atoms with E-state index in [1.54, 1.807) is 18.2 Å². The normalized spacial score (nSPS) is 12.2. The summed E-state index contributed by atoms with van der Waals surface area (Å²) in [7, 11) is 0. The molecule has 1 N–H and O–H groups in total. The lowest BCUT2D eigenvalue weighted by Gasteiger charge is -2.12. The van der Waals surface area contributed by atoms with E-state index in [0.717, 1.165) is 10.0 Å². The van der Waals surface area contributed by atoms with Crippen molar-refractivity contribution in [3.63, 3.8) is 0 Å². The molecule has 0 aliphatic heterocycles. The average molecular weight is 444 g/mol.